The predicted octanol–water partition coefficient (Wildman–Crippen LogP) is 2.92. The highest BCUT2D eigenvalue weighted by atomic mass is 32.2. The van der Waals surface area contributed by atoms with Crippen LogP contribution in [0, 0.1) is 0 Å². The van der Waals surface area contributed by atoms with Crippen molar-refractivity contribution < 1.29 is 13.7 Å². The van der Waals surface area contributed by atoms with E-state index in [1.807, 2.05) is 13.0 Å². The van der Waals surface area contributed by atoms with Crippen molar-refractivity contribution in [2.45, 2.75) is 57.6 Å². The number of hydrogen-bond donors (Lipinski definition) is 0. The van der Waals surface area contributed by atoms with Gasteiger partial charge in [0.2, 0.25) is 0 Å². The molecule has 1 aliphatic rings. The number of hydrogen-bond acceptors (Lipinski definition) is 3. The van der Waals surface area contributed by atoms with Crippen molar-refractivity contribution in [2.75, 3.05) is 6.61 Å². The van der Waals surface area contributed by atoms with Crippen LogP contribution in [0.2, 0.25) is 0 Å². The standard InChI is InChI=1S/C13H22O3S/c1-3-11(10-13(14)16-4-2)17(15)12-8-6-5-7-9-12/h3,12H,4-10H2,1-2H3/b11-3+. The van der Waals surface area contributed by atoms with Crippen LogP contribution in [0.4, 0.5) is 0 Å². The van der Waals surface area contributed by atoms with Crippen molar-refractivity contribution in [3.63, 3.8) is 0 Å². The number of ether oxygens (including phenoxy) is 1. The zero-order valence-electron chi connectivity index (χ0n) is 10.7. The quantitative estimate of drug-likeness (QED) is 0.712. The minimum atomic E-state index is -1.01. The summed E-state index contributed by atoms with van der Waals surface area (Å²) >= 11 is 0. The average Bonchev–Trinajstić information content (AvgIpc) is 2.36. The lowest BCUT2D eigenvalue weighted by Crippen LogP contribution is -2.21. The minimum absolute atomic E-state index is 0.174. The van der Waals surface area contributed by atoms with Gasteiger partial charge in [0.05, 0.1) is 23.8 Å². The van der Waals surface area contributed by atoms with Crippen LogP contribution >= 0.6 is 0 Å². The highest BCUT2D eigenvalue weighted by Crippen LogP contribution is 2.26. The summed E-state index contributed by atoms with van der Waals surface area (Å²) in [6, 6.07) is 0. The molecule has 1 unspecified atom stereocenters. The molecule has 0 amide bonds. The molecule has 1 saturated carbocycles. The lowest BCUT2D eigenvalue weighted by atomic mass is 10.0. The molecule has 98 valence electrons. The van der Waals surface area contributed by atoms with Gasteiger partial charge in [-0.2, -0.15) is 0 Å². The molecule has 0 spiro atoms. The van der Waals surface area contributed by atoms with Crippen molar-refractivity contribution in [3.8, 4) is 0 Å². The summed E-state index contributed by atoms with van der Waals surface area (Å²) in [6.45, 7) is 4.01. The van der Waals surface area contributed by atoms with Crippen LogP contribution in [0.15, 0.2) is 11.0 Å². The Morgan fingerprint density at radius 1 is 1.35 bits per heavy atom. The summed E-state index contributed by atoms with van der Waals surface area (Å²) in [5, 5.41) is 0.240. The Balaban J connectivity index is 2.54. The van der Waals surface area contributed by atoms with E-state index in [1.165, 1.54) is 6.42 Å². The SMILES string of the molecule is C/C=C(\CC(=O)OCC)S(=O)C1CCCCC1. The Kier molecular flexibility index (Phi) is 6.48. The topological polar surface area (TPSA) is 43.4 Å². The van der Waals surface area contributed by atoms with Gasteiger partial charge in [0.15, 0.2) is 0 Å². The second-order valence-corrected chi connectivity index (χ2v) is 6.08. The molecule has 0 aromatic heterocycles. The molecular weight excluding hydrogens is 236 g/mol. The third-order valence-corrected chi connectivity index (χ3v) is 5.03. The molecule has 1 atom stereocenters. The zero-order valence-corrected chi connectivity index (χ0v) is 11.6. The van der Waals surface area contributed by atoms with E-state index < -0.39 is 10.8 Å². The maximum Gasteiger partial charge on any atom is 0.310 e. The molecule has 1 rings (SSSR count). The molecule has 4 heteroatoms. The molecule has 0 N–H and O–H groups in total. The fourth-order valence-corrected chi connectivity index (χ4v) is 3.82. The lowest BCUT2D eigenvalue weighted by molar-refractivity contribution is -0.142. The van der Waals surface area contributed by atoms with Crippen molar-refractivity contribution in [1.29, 1.82) is 0 Å². The first kappa shape index (κ1) is 14.4. The predicted molar refractivity (Wildman–Crippen MR) is 70.0 cm³/mol. The first-order chi connectivity index (χ1) is 8.19. The summed E-state index contributed by atoms with van der Waals surface area (Å²) in [6.07, 6.45) is 7.59. The molecule has 0 saturated heterocycles. The van der Waals surface area contributed by atoms with Gasteiger partial charge in [0.25, 0.3) is 0 Å². The maximum absolute atomic E-state index is 12.3. The molecule has 1 aliphatic carbocycles. The van der Waals surface area contributed by atoms with Crippen LogP contribution in [0.1, 0.15) is 52.4 Å². The van der Waals surface area contributed by atoms with E-state index in [4.69, 9.17) is 4.74 Å². The van der Waals surface area contributed by atoms with Crippen LogP contribution in [0.3, 0.4) is 0 Å². The molecule has 0 radical (unpaired) electrons. The molecule has 0 aliphatic heterocycles. The van der Waals surface area contributed by atoms with Crippen LogP contribution in [-0.2, 0) is 20.3 Å². The van der Waals surface area contributed by atoms with E-state index in [2.05, 4.69) is 0 Å². The molecule has 0 heterocycles. The normalized spacial score (nSPS) is 20.0. The van der Waals surface area contributed by atoms with Crippen molar-refractivity contribution >= 4 is 16.8 Å². The number of esters is 1. The van der Waals surface area contributed by atoms with Gasteiger partial charge in [0.1, 0.15) is 0 Å². The Hall–Kier alpha value is -0.640. The van der Waals surface area contributed by atoms with Gasteiger partial charge in [0, 0.05) is 10.2 Å². The number of rotatable bonds is 5. The van der Waals surface area contributed by atoms with Gasteiger partial charge in [-0.3, -0.25) is 9.00 Å². The summed E-state index contributed by atoms with van der Waals surface area (Å²) in [5.41, 5.74) is 0. The summed E-state index contributed by atoms with van der Waals surface area (Å²) in [5.74, 6) is -0.273. The van der Waals surface area contributed by atoms with Crippen molar-refractivity contribution in [1.82, 2.24) is 0 Å². The van der Waals surface area contributed by atoms with Crippen LogP contribution in [-0.4, -0.2) is 22.0 Å². The molecule has 3 nitrogen and oxygen atoms in total. The third-order valence-electron chi connectivity index (χ3n) is 3.06. The summed E-state index contributed by atoms with van der Waals surface area (Å²) in [4.78, 5) is 12.1. The van der Waals surface area contributed by atoms with E-state index >= 15 is 0 Å². The van der Waals surface area contributed by atoms with E-state index in [-0.39, 0.29) is 17.6 Å². The molecule has 1 fully saturated rings. The number of carbonyl (C=O) groups is 1. The Labute approximate surface area is 106 Å². The third kappa shape index (κ3) is 4.62. The highest BCUT2D eigenvalue weighted by Gasteiger charge is 2.23. The molecular formula is C13H22O3S. The minimum Gasteiger partial charge on any atom is -0.466 e. The largest absolute Gasteiger partial charge is 0.466 e. The van der Waals surface area contributed by atoms with Gasteiger partial charge in [-0.15, -0.1) is 0 Å². The van der Waals surface area contributed by atoms with Crippen molar-refractivity contribution in [2.24, 2.45) is 0 Å². The second kappa shape index (κ2) is 7.64. The van der Waals surface area contributed by atoms with Gasteiger partial charge in [-0.1, -0.05) is 25.3 Å². The van der Waals surface area contributed by atoms with Gasteiger partial charge >= 0.3 is 5.97 Å². The van der Waals surface area contributed by atoms with Gasteiger partial charge < -0.3 is 4.74 Å². The monoisotopic (exact) mass is 258 g/mol. The summed E-state index contributed by atoms with van der Waals surface area (Å²) < 4.78 is 17.2. The fourth-order valence-electron chi connectivity index (χ4n) is 2.14. The second-order valence-electron chi connectivity index (χ2n) is 4.29. The van der Waals surface area contributed by atoms with E-state index in [0.717, 1.165) is 30.6 Å². The average molecular weight is 258 g/mol. The number of allylic oxidation sites excluding steroid dienone is 1. The van der Waals surface area contributed by atoms with E-state index in [0.29, 0.717) is 6.61 Å². The van der Waals surface area contributed by atoms with Gasteiger partial charge in [-0.05, 0) is 26.7 Å². The summed E-state index contributed by atoms with van der Waals surface area (Å²) in [7, 11) is -1.01. The number of carbonyl (C=O) groups excluding carboxylic acids is 1. The Bertz CT molecular complexity index is 304. The molecule has 0 bridgehead atoms. The lowest BCUT2D eigenvalue weighted by Gasteiger charge is -2.22. The van der Waals surface area contributed by atoms with Gasteiger partial charge in [-0.25, -0.2) is 0 Å². The van der Waals surface area contributed by atoms with Crippen LogP contribution < -0.4 is 0 Å². The van der Waals surface area contributed by atoms with Crippen LogP contribution in [0.5, 0.6) is 0 Å². The first-order valence-corrected chi connectivity index (χ1v) is 7.61. The molecule has 0 aromatic rings. The maximum atomic E-state index is 12.3. The van der Waals surface area contributed by atoms with E-state index in [1.54, 1.807) is 6.92 Å². The highest BCUT2D eigenvalue weighted by molar-refractivity contribution is 7.89. The van der Waals surface area contributed by atoms with E-state index in [9.17, 15) is 9.00 Å². The Morgan fingerprint density at radius 2 is 2.00 bits per heavy atom. The van der Waals surface area contributed by atoms with Crippen LogP contribution in [0.25, 0.3) is 0 Å². The molecule has 0 aromatic carbocycles. The zero-order chi connectivity index (χ0) is 12.7. The molecule has 17 heavy (non-hydrogen) atoms. The van der Waals surface area contributed by atoms with Crippen molar-refractivity contribution in [3.05, 3.63) is 11.0 Å². The fraction of sp³-hybridized carbons (Fsp3) is 0.769. The Morgan fingerprint density at radius 3 is 2.53 bits per heavy atom. The first-order valence-electron chi connectivity index (χ1n) is 6.40. The smallest absolute Gasteiger partial charge is 0.310 e.